The van der Waals surface area contributed by atoms with Crippen LogP contribution in [0.3, 0.4) is 0 Å². The van der Waals surface area contributed by atoms with Gasteiger partial charge in [-0.3, -0.25) is 0 Å². The predicted molar refractivity (Wildman–Crippen MR) is 83.0 cm³/mol. The second-order valence-corrected chi connectivity index (χ2v) is 9.01. The highest BCUT2D eigenvalue weighted by Crippen LogP contribution is 2.22. The first-order valence-electron chi connectivity index (χ1n) is 6.24. The van der Waals surface area contributed by atoms with E-state index in [0.717, 1.165) is 9.87 Å². The summed E-state index contributed by atoms with van der Waals surface area (Å²) in [6, 6.07) is 3.19. The quantitative estimate of drug-likeness (QED) is 0.714. The van der Waals surface area contributed by atoms with Gasteiger partial charge in [-0.25, -0.2) is 25.9 Å². The second-order valence-electron chi connectivity index (χ2n) is 4.97. The van der Waals surface area contributed by atoms with Gasteiger partial charge in [0.05, 0.1) is 10.6 Å². The number of anilines is 1. The fraction of sp³-hybridized carbons (Fsp3) is 0.500. The lowest BCUT2D eigenvalue weighted by Crippen LogP contribution is -2.34. The fourth-order valence-electron chi connectivity index (χ4n) is 1.70. The van der Waals surface area contributed by atoms with Crippen molar-refractivity contribution in [3.63, 3.8) is 0 Å². The highest BCUT2D eigenvalue weighted by molar-refractivity contribution is 7.90. The molecule has 0 fully saturated rings. The van der Waals surface area contributed by atoms with E-state index >= 15 is 0 Å². The van der Waals surface area contributed by atoms with E-state index < -0.39 is 20.0 Å². The highest BCUT2D eigenvalue weighted by atomic mass is 32.2. The number of aryl methyl sites for hydroxylation is 1. The topological polar surface area (TPSA) is 110 Å². The molecule has 0 spiro atoms. The third-order valence-electron chi connectivity index (χ3n) is 3.04. The lowest BCUT2D eigenvalue weighted by atomic mass is 10.1. The monoisotopic (exact) mass is 335 g/mol. The SMILES string of the molecule is Cc1cc(N)c(C)c(S(=O)(=O)NCCS(=O)(=O)N(C)C)c1. The summed E-state index contributed by atoms with van der Waals surface area (Å²) >= 11 is 0. The van der Waals surface area contributed by atoms with Crippen LogP contribution >= 0.6 is 0 Å². The van der Waals surface area contributed by atoms with Crippen molar-refractivity contribution in [3.8, 4) is 0 Å². The van der Waals surface area contributed by atoms with Crippen LogP contribution in [0.25, 0.3) is 0 Å². The Labute approximate surface area is 126 Å². The third kappa shape index (κ3) is 4.40. The molecular formula is C12H21N3O4S2. The van der Waals surface area contributed by atoms with E-state index in [1.807, 2.05) is 0 Å². The Kier molecular flexibility index (Phi) is 5.37. The summed E-state index contributed by atoms with van der Waals surface area (Å²) < 4.78 is 51.0. The first kappa shape index (κ1) is 17.9. The maximum Gasteiger partial charge on any atom is 0.240 e. The molecule has 1 aromatic rings. The van der Waals surface area contributed by atoms with Gasteiger partial charge in [0.1, 0.15) is 0 Å². The molecule has 0 radical (unpaired) electrons. The molecular weight excluding hydrogens is 314 g/mol. The van der Waals surface area contributed by atoms with Gasteiger partial charge in [0, 0.05) is 26.3 Å². The zero-order valence-electron chi connectivity index (χ0n) is 12.5. The molecule has 120 valence electrons. The summed E-state index contributed by atoms with van der Waals surface area (Å²) in [6.07, 6.45) is 0. The number of hydrogen-bond donors (Lipinski definition) is 2. The maximum absolute atomic E-state index is 12.2. The van der Waals surface area contributed by atoms with Crippen molar-refractivity contribution in [1.29, 1.82) is 0 Å². The molecule has 1 rings (SSSR count). The van der Waals surface area contributed by atoms with Gasteiger partial charge in [0.15, 0.2) is 0 Å². The van der Waals surface area contributed by atoms with Gasteiger partial charge in [-0.15, -0.1) is 0 Å². The molecule has 1 aromatic carbocycles. The largest absolute Gasteiger partial charge is 0.398 e. The lowest BCUT2D eigenvalue weighted by Gasteiger charge is -2.14. The van der Waals surface area contributed by atoms with Crippen LogP contribution in [0.15, 0.2) is 17.0 Å². The number of nitrogens with two attached hydrogens (primary N) is 1. The number of sulfonamides is 2. The highest BCUT2D eigenvalue weighted by Gasteiger charge is 2.20. The van der Waals surface area contributed by atoms with Crippen molar-refractivity contribution < 1.29 is 16.8 Å². The molecule has 0 aliphatic heterocycles. The van der Waals surface area contributed by atoms with Crippen molar-refractivity contribution >= 4 is 25.7 Å². The number of nitrogen functional groups attached to an aromatic ring is 1. The molecule has 0 aromatic heterocycles. The molecule has 0 aliphatic carbocycles. The van der Waals surface area contributed by atoms with Crippen LogP contribution in [0.1, 0.15) is 11.1 Å². The minimum Gasteiger partial charge on any atom is -0.398 e. The van der Waals surface area contributed by atoms with E-state index in [4.69, 9.17) is 5.73 Å². The zero-order valence-corrected chi connectivity index (χ0v) is 14.2. The van der Waals surface area contributed by atoms with E-state index in [-0.39, 0.29) is 17.2 Å². The van der Waals surface area contributed by atoms with Gasteiger partial charge in [-0.05, 0) is 37.1 Å². The Hall–Kier alpha value is -1.16. The van der Waals surface area contributed by atoms with Crippen LogP contribution in [-0.4, -0.2) is 47.5 Å². The first-order chi connectivity index (χ1) is 9.47. The Morgan fingerprint density at radius 3 is 2.24 bits per heavy atom. The Morgan fingerprint density at radius 1 is 1.14 bits per heavy atom. The van der Waals surface area contributed by atoms with Crippen LogP contribution < -0.4 is 10.5 Å². The molecule has 0 atom stereocenters. The first-order valence-corrected chi connectivity index (χ1v) is 9.33. The second kappa shape index (κ2) is 6.30. The van der Waals surface area contributed by atoms with Crippen molar-refractivity contribution in [2.24, 2.45) is 0 Å². The molecule has 0 saturated carbocycles. The number of hydrogen-bond acceptors (Lipinski definition) is 5. The molecule has 3 N–H and O–H groups in total. The number of nitrogens with zero attached hydrogens (tertiary/aromatic N) is 1. The third-order valence-corrected chi connectivity index (χ3v) is 6.46. The Balaban J connectivity index is 2.94. The van der Waals surface area contributed by atoms with Gasteiger partial charge in [-0.2, -0.15) is 0 Å². The molecule has 21 heavy (non-hydrogen) atoms. The minimum atomic E-state index is -3.80. The summed E-state index contributed by atoms with van der Waals surface area (Å²) in [7, 11) is -4.45. The Morgan fingerprint density at radius 2 is 1.71 bits per heavy atom. The van der Waals surface area contributed by atoms with Gasteiger partial charge in [0.25, 0.3) is 0 Å². The van der Waals surface area contributed by atoms with Gasteiger partial charge < -0.3 is 5.73 Å². The molecule has 0 unspecified atom stereocenters. The van der Waals surface area contributed by atoms with Crippen LogP contribution in [0.5, 0.6) is 0 Å². The van der Waals surface area contributed by atoms with E-state index in [1.54, 1.807) is 19.9 Å². The van der Waals surface area contributed by atoms with E-state index in [0.29, 0.717) is 11.3 Å². The van der Waals surface area contributed by atoms with Crippen LogP contribution in [-0.2, 0) is 20.0 Å². The lowest BCUT2D eigenvalue weighted by molar-refractivity contribution is 0.519. The van der Waals surface area contributed by atoms with Crippen LogP contribution in [0, 0.1) is 13.8 Å². The van der Waals surface area contributed by atoms with Crippen LogP contribution in [0.4, 0.5) is 5.69 Å². The molecule has 7 nitrogen and oxygen atoms in total. The number of nitrogens with one attached hydrogen (secondary N) is 1. The van der Waals surface area contributed by atoms with Gasteiger partial charge >= 0.3 is 0 Å². The van der Waals surface area contributed by atoms with Crippen molar-refractivity contribution in [1.82, 2.24) is 9.03 Å². The minimum absolute atomic E-state index is 0.0715. The van der Waals surface area contributed by atoms with Crippen LogP contribution in [0.2, 0.25) is 0 Å². The average Bonchev–Trinajstić information content (AvgIpc) is 2.32. The molecule has 0 aliphatic rings. The summed E-state index contributed by atoms with van der Waals surface area (Å²) in [4.78, 5) is 0.0715. The molecule has 0 saturated heterocycles. The van der Waals surface area contributed by atoms with E-state index in [1.165, 1.54) is 20.2 Å². The predicted octanol–water partition coefficient (Wildman–Crippen LogP) is 0.0553. The van der Waals surface area contributed by atoms with E-state index in [2.05, 4.69) is 4.72 Å². The normalized spacial score (nSPS) is 12.8. The van der Waals surface area contributed by atoms with E-state index in [9.17, 15) is 16.8 Å². The number of rotatable bonds is 6. The summed E-state index contributed by atoms with van der Waals surface area (Å²) in [5.74, 6) is -0.306. The summed E-state index contributed by atoms with van der Waals surface area (Å²) in [6.45, 7) is 3.15. The fourth-order valence-corrected chi connectivity index (χ4v) is 3.94. The summed E-state index contributed by atoms with van der Waals surface area (Å²) in [5.41, 5.74) is 7.32. The van der Waals surface area contributed by atoms with Crippen molar-refractivity contribution in [2.45, 2.75) is 18.7 Å². The Bertz CT molecular complexity index is 725. The molecule has 9 heteroatoms. The van der Waals surface area contributed by atoms with Crippen molar-refractivity contribution in [2.75, 3.05) is 32.1 Å². The average molecular weight is 335 g/mol. The summed E-state index contributed by atoms with van der Waals surface area (Å²) in [5, 5.41) is 0. The van der Waals surface area contributed by atoms with Gasteiger partial charge in [-0.1, -0.05) is 0 Å². The standard InChI is InChI=1S/C12H21N3O4S2/c1-9-7-11(13)10(2)12(8-9)21(18,19)14-5-6-20(16,17)15(3)4/h7-8,14H,5-6,13H2,1-4H3. The smallest absolute Gasteiger partial charge is 0.240 e. The zero-order chi connectivity index (χ0) is 16.4. The maximum atomic E-state index is 12.2. The molecule has 0 heterocycles. The number of benzene rings is 1. The molecule has 0 amide bonds. The van der Waals surface area contributed by atoms with Gasteiger partial charge in [0.2, 0.25) is 20.0 Å². The molecule has 0 bridgehead atoms. The van der Waals surface area contributed by atoms with Crippen molar-refractivity contribution in [3.05, 3.63) is 23.3 Å².